The molecule has 7 nitrogen and oxygen atoms in total. The maximum Gasteiger partial charge on any atom is 0.345 e. The smallest absolute Gasteiger partial charge is 0.345 e. The monoisotopic (exact) mass is 527 g/mol. The molecule has 1 unspecified atom stereocenters. The van der Waals surface area contributed by atoms with Crippen LogP contribution in [0.15, 0.2) is 48.0 Å². The molecule has 1 saturated heterocycles. The van der Waals surface area contributed by atoms with Crippen LogP contribution in [0.25, 0.3) is 0 Å². The molecule has 10 heteroatoms. The average molecular weight is 528 g/mol. The molecule has 3 aromatic rings. The van der Waals surface area contributed by atoms with E-state index in [0.29, 0.717) is 43.0 Å². The Bertz CT molecular complexity index is 1220. The Morgan fingerprint density at radius 1 is 1.20 bits per heavy atom. The number of hydrogen-bond acceptors (Lipinski definition) is 8. The van der Waals surface area contributed by atoms with E-state index in [4.69, 9.17) is 5.11 Å². The van der Waals surface area contributed by atoms with Crippen LogP contribution in [0.5, 0.6) is 0 Å². The SMILES string of the molecule is O=C(O)c1ccc(CCN2C(=O)SCCN2CCC(O)Cc2cccc(C#Cc3nccs3)c2)s1. The lowest BCUT2D eigenvalue weighted by atomic mass is 10.0. The number of aromatic carboxylic acids is 1. The molecule has 4 rings (SSSR count). The number of aromatic nitrogens is 1. The van der Waals surface area contributed by atoms with Gasteiger partial charge in [0.2, 0.25) is 0 Å². The van der Waals surface area contributed by atoms with E-state index in [2.05, 4.69) is 16.8 Å². The van der Waals surface area contributed by atoms with Crippen LogP contribution in [0.3, 0.4) is 0 Å². The highest BCUT2D eigenvalue weighted by atomic mass is 32.2. The van der Waals surface area contributed by atoms with Crippen molar-refractivity contribution >= 4 is 45.6 Å². The van der Waals surface area contributed by atoms with Crippen LogP contribution in [0.1, 0.15) is 37.1 Å². The molecular formula is C25H25N3O4S3. The zero-order valence-electron chi connectivity index (χ0n) is 18.9. The van der Waals surface area contributed by atoms with Crippen LogP contribution in [0.4, 0.5) is 4.79 Å². The molecule has 0 bridgehead atoms. The zero-order valence-corrected chi connectivity index (χ0v) is 21.4. The Morgan fingerprint density at radius 3 is 2.86 bits per heavy atom. The second kappa shape index (κ2) is 12.3. The van der Waals surface area contributed by atoms with Crippen LogP contribution in [0.2, 0.25) is 0 Å². The number of aliphatic hydroxyl groups is 1. The third-order valence-electron chi connectivity index (χ3n) is 5.43. The van der Waals surface area contributed by atoms with Crippen LogP contribution in [-0.4, -0.2) is 67.9 Å². The van der Waals surface area contributed by atoms with Crippen LogP contribution in [-0.2, 0) is 12.8 Å². The highest BCUT2D eigenvalue weighted by molar-refractivity contribution is 8.13. The average Bonchev–Trinajstić information content (AvgIpc) is 3.53. The number of hydrazine groups is 1. The normalized spacial score (nSPS) is 15.0. The van der Waals surface area contributed by atoms with Gasteiger partial charge in [0, 0.05) is 53.8 Å². The second-order valence-electron chi connectivity index (χ2n) is 7.95. The van der Waals surface area contributed by atoms with E-state index in [1.165, 1.54) is 34.4 Å². The Balaban J connectivity index is 1.30. The number of carboxylic acids is 1. The number of rotatable bonds is 9. The number of carbonyl (C=O) groups excluding carboxylic acids is 1. The molecule has 0 radical (unpaired) electrons. The van der Waals surface area contributed by atoms with Gasteiger partial charge in [-0.05, 0) is 48.6 Å². The predicted molar refractivity (Wildman–Crippen MR) is 140 cm³/mol. The highest BCUT2D eigenvalue weighted by Gasteiger charge is 2.27. The van der Waals surface area contributed by atoms with Gasteiger partial charge < -0.3 is 10.2 Å². The Morgan fingerprint density at radius 2 is 2.09 bits per heavy atom. The number of aliphatic hydroxyl groups excluding tert-OH is 1. The molecule has 0 spiro atoms. The lowest BCUT2D eigenvalue weighted by Crippen LogP contribution is -2.51. The van der Waals surface area contributed by atoms with E-state index >= 15 is 0 Å². The number of nitrogens with zero attached hydrogens (tertiary/aromatic N) is 3. The topological polar surface area (TPSA) is 94.0 Å². The fourth-order valence-electron chi connectivity index (χ4n) is 3.72. The van der Waals surface area contributed by atoms with Gasteiger partial charge in [0.15, 0.2) is 5.01 Å². The van der Waals surface area contributed by atoms with E-state index < -0.39 is 12.1 Å². The molecular weight excluding hydrogens is 502 g/mol. The van der Waals surface area contributed by atoms with Crippen LogP contribution < -0.4 is 0 Å². The lowest BCUT2D eigenvalue weighted by molar-refractivity contribution is 0.0148. The number of carbonyl (C=O) groups is 2. The fourth-order valence-corrected chi connectivity index (χ4v) is 5.87. The minimum atomic E-state index is -0.932. The zero-order chi connectivity index (χ0) is 24.6. The first-order valence-corrected chi connectivity index (χ1v) is 13.9. The highest BCUT2D eigenvalue weighted by Crippen LogP contribution is 2.22. The number of hydrogen-bond donors (Lipinski definition) is 2. The molecule has 1 amide bonds. The Hall–Kier alpha value is -2.68. The summed E-state index contributed by atoms with van der Waals surface area (Å²) in [5, 5.41) is 26.2. The van der Waals surface area contributed by atoms with Crippen molar-refractivity contribution in [3.8, 4) is 11.8 Å². The Labute approximate surface area is 216 Å². The number of carboxylic acid groups (broad SMARTS) is 1. The van der Waals surface area contributed by atoms with E-state index in [9.17, 15) is 14.7 Å². The standard InChI is InChI=1S/C25H25N3O4S3/c29-20(17-19-3-1-2-18(16-19)4-7-23-26-10-14-33-23)8-11-27-13-15-34-25(32)28(27)12-9-21-5-6-22(35-21)24(30)31/h1-3,5-6,10,14,16,20,29H,8-9,11-13,15,17H2,(H,30,31). The maximum atomic E-state index is 12.5. The van der Waals surface area contributed by atoms with Crippen molar-refractivity contribution in [1.29, 1.82) is 0 Å². The van der Waals surface area contributed by atoms with Crippen molar-refractivity contribution < 1.29 is 19.8 Å². The van der Waals surface area contributed by atoms with E-state index in [1.54, 1.807) is 23.3 Å². The number of thiazole rings is 1. The molecule has 1 atom stereocenters. The minimum Gasteiger partial charge on any atom is -0.477 e. The molecule has 182 valence electrons. The Kier molecular flexibility index (Phi) is 8.95. The van der Waals surface area contributed by atoms with Gasteiger partial charge in [0.25, 0.3) is 5.24 Å². The van der Waals surface area contributed by atoms with Gasteiger partial charge in [-0.25, -0.2) is 14.8 Å². The summed E-state index contributed by atoms with van der Waals surface area (Å²) in [5.41, 5.74) is 1.90. The van der Waals surface area contributed by atoms with Crippen molar-refractivity contribution in [1.82, 2.24) is 15.0 Å². The third kappa shape index (κ3) is 7.40. The maximum absolute atomic E-state index is 12.5. The fraction of sp³-hybridized carbons (Fsp3) is 0.320. The van der Waals surface area contributed by atoms with Crippen LogP contribution in [0, 0.1) is 11.8 Å². The number of amides is 1. The van der Waals surface area contributed by atoms with Gasteiger partial charge in [-0.15, -0.1) is 22.7 Å². The largest absolute Gasteiger partial charge is 0.477 e. The first kappa shape index (κ1) is 25.4. The van der Waals surface area contributed by atoms with Gasteiger partial charge >= 0.3 is 5.97 Å². The summed E-state index contributed by atoms with van der Waals surface area (Å²) in [7, 11) is 0. The van der Waals surface area contributed by atoms with Crippen molar-refractivity contribution in [3.05, 3.63) is 73.9 Å². The summed E-state index contributed by atoms with van der Waals surface area (Å²) in [6.45, 7) is 1.79. The molecule has 35 heavy (non-hydrogen) atoms. The molecule has 1 aromatic carbocycles. The quantitative estimate of drug-likeness (QED) is 0.402. The first-order chi connectivity index (χ1) is 17.0. The summed E-state index contributed by atoms with van der Waals surface area (Å²) < 4.78 is 0. The predicted octanol–water partition coefficient (Wildman–Crippen LogP) is 4.22. The molecule has 2 N–H and O–H groups in total. The number of thioether (sulfide) groups is 1. The van der Waals surface area contributed by atoms with Crippen molar-refractivity contribution in [3.63, 3.8) is 0 Å². The minimum absolute atomic E-state index is 0.00717. The number of thiophene rings is 1. The summed E-state index contributed by atoms with van der Waals surface area (Å²) in [5.74, 6) is 5.95. The summed E-state index contributed by atoms with van der Waals surface area (Å²) in [6.07, 6.45) is 2.83. The van der Waals surface area contributed by atoms with Gasteiger partial charge in [0.05, 0.1) is 6.10 Å². The van der Waals surface area contributed by atoms with Crippen molar-refractivity contribution in [2.75, 3.05) is 25.4 Å². The second-order valence-corrected chi connectivity index (χ2v) is 11.1. The van der Waals surface area contributed by atoms with E-state index in [1.807, 2.05) is 34.7 Å². The molecule has 2 aromatic heterocycles. The van der Waals surface area contributed by atoms with Gasteiger partial charge in [0.1, 0.15) is 4.88 Å². The summed E-state index contributed by atoms with van der Waals surface area (Å²) >= 11 is 4.03. The molecule has 0 aliphatic carbocycles. The summed E-state index contributed by atoms with van der Waals surface area (Å²) in [4.78, 5) is 29.0. The lowest BCUT2D eigenvalue weighted by Gasteiger charge is -2.38. The molecule has 1 aliphatic rings. The third-order valence-corrected chi connectivity index (χ3v) is 8.10. The van der Waals surface area contributed by atoms with Gasteiger partial charge in [-0.3, -0.25) is 9.80 Å². The number of benzene rings is 1. The van der Waals surface area contributed by atoms with E-state index in [-0.39, 0.29) is 5.24 Å². The summed E-state index contributed by atoms with van der Waals surface area (Å²) in [6, 6.07) is 11.3. The van der Waals surface area contributed by atoms with Crippen LogP contribution >= 0.6 is 34.4 Å². The first-order valence-electron chi connectivity index (χ1n) is 11.2. The van der Waals surface area contributed by atoms with Crippen molar-refractivity contribution in [2.45, 2.75) is 25.4 Å². The molecule has 1 fully saturated rings. The van der Waals surface area contributed by atoms with E-state index in [0.717, 1.165) is 27.6 Å². The molecule has 3 heterocycles. The molecule has 1 aliphatic heterocycles. The van der Waals surface area contributed by atoms with Gasteiger partial charge in [-0.2, -0.15) is 0 Å². The molecule has 0 saturated carbocycles. The van der Waals surface area contributed by atoms with Gasteiger partial charge in [-0.1, -0.05) is 29.8 Å². The van der Waals surface area contributed by atoms with Crippen molar-refractivity contribution in [2.24, 2.45) is 0 Å².